The van der Waals surface area contributed by atoms with E-state index in [1.54, 1.807) is 5.01 Å². The molecule has 2 aliphatic rings. The van der Waals surface area contributed by atoms with Gasteiger partial charge < -0.3 is 5.11 Å². The highest BCUT2D eigenvalue weighted by molar-refractivity contribution is 6.02. The van der Waals surface area contributed by atoms with Gasteiger partial charge in [-0.05, 0) is 12.5 Å². The molecule has 0 saturated carbocycles. The predicted octanol–water partition coefficient (Wildman–Crippen LogP) is 0.621. The molecule has 1 unspecified atom stereocenters. The first-order chi connectivity index (χ1) is 11.6. The first-order valence-electron chi connectivity index (χ1n) is 8.68. The summed E-state index contributed by atoms with van der Waals surface area (Å²) in [6.07, 6.45) is 0.520. The minimum Gasteiger partial charge on any atom is -0.392 e. The Labute approximate surface area is 143 Å². The summed E-state index contributed by atoms with van der Waals surface area (Å²) in [4.78, 5) is 16.9. The number of carbonyl (C=O) groups excluding carboxylic acids is 1. The van der Waals surface area contributed by atoms with Crippen molar-refractivity contribution in [1.82, 2.24) is 14.8 Å². The number of β-amino-alcohol motifs (C(OH)–C–C–N with tert-alkyl or cyclic N) is 1. The number of hydrogen-bond donors (Lipinski definition) is 1. The zero-order valence-electron chi connectivity index (χ0n) is 14.3. The normalized spacial score (nSPS) is 20.9. The second kappa shape index (κ2) is 7.88. The average molecular weight is 330 g/mol. The summed E-state index contributed by atoms with van der Waals surface area (Å²) in [7, 11) is 0. The molecule has 1 fully saturated rings. The molecule has 0 aliphatic carbocycles. The van der Waals surface area contributed by atoms with Crippen LogP contribution in [-0.2, 0) is 4.79 Å². The van der Waals surface area contributed by atoms with E-state index < -0.39 is 0 Å². The quantitative estimate of drug-likeness (QED) is 0.860. The van der Waals surface area contributed by atoms with E-state index in [1.165, 1.54) is 0 Å². The number of aliphatic hydroxyl groups excluding tert-OH is 1. The van der Waals surface area contributed by atoms with Crippen LogP contribution >= 0.6 is 0 Å². The van der Waals surface area contributed by atoms with Gasteiger partial charge in [0, 0.05) is 39.1 Å². The third kappa shape index (κ3) is 4.41. The van der Waals surface area contributed by atoms with E-state index in [0.29, 0.717) is 19.6 Å². The monoisotopic (exact) mass is 330 g/mol. The van der Waals surface area contributed by atoms with Gasteiger partial charge in [0.1, 0.15) is 0 Å². The minimum atomic E-state index is -0.298. The van der Waals surface area contributed by atoms with Crippen molar-refractivity contribution in [2.24, 2.45) is 5.10 Å². The molecule has 6 heteroatoms. The molecule has 1 atom stereocenters. The van der Waals surface area contributed by atoms with Crippen molar-refractivity contribution in [2.75, 3.05) is 45.8 Å². The smallest absolute Gasteiger partial charge is 0.256 e. The molecule has 0 bridgehead atoms. The van der Waals surface area contributed by atoms with Gasteiger partial charge in [-0.1, -0.05) is 30.3 Å². The van der Waals surface area contributed by atoms with Crippen LogP contribution in [0.25, 0.3) is 0 Å². The fourth-order valence-electron chi connectivity index (χ4n) is 3.25. The molecule has 1 aromatic rings. The van der Waals surface area contributed by atoms with Crippen LogP contribution in [0, 0.1) is 0 Å². The Bertz CT molecular complexity index is 580. The fourth-order valence-corrected chi connectivity index (χ4v) is 3.25. The topological polar surface area (TPSA) is 59.4 Å². The first kappa shape index (κ1) is 17.1. The van der Waals surface area contributed by atoms with Crippen molar-refractivity contribution in [1.29, 1.82) is 0 Å². The predicted molar refractivity (Wildman–Crippen MR) is 93.9 cm³/mol. The first-order valence-corrected chi connectivity index (χ1v) is 8.68. The Kier molecular flexibility index (Phi) is 5.60. The van der Waals surface area contributed by atoms with Crippen molar-refractivity contribution in [2.45, 2.75) is 19.4 Å². The maximum absolute atomic E-state index is 12.5. The van der Waals surface area contributed by atoms with Crippen LogP contribution in [0.5, 0.6) is 0 Å². The number of nitrogens with zero attached hydrogens (tertiary/aromatic N) is 4. The SMILES string of the molecule is CC(O)CN1CCN(CC(=O)N2CCC(c3ccccc3)=N2)CC1. The number of hydrazone groups is 1. The second-order valence-electron chi connectivity index (χ2n) is 6.61. The number of amides is 1. The molecule has 24 heavy (non-hydrogen) atoms. The lowest BCUT2D eigenvalue weighted by molar-refractivity contribution is -0.132. The molecule has 1 N–H and O–H groups in total. The van der Waals surface area contributed by atoms with E-state index >= 15 is 0 Å². The average Bonchev–Trinajstić information content (AvgIpc) is 3.07. The van der Waals surface area contributed by atoms with Crippen LogP contribution in [0.3, 0.4) is 0 Å². The number of rotatable bonds is 5. The molecule has 6 nitrogen and oxygen atoms in total. The van der Waals surface area contributed by atoms with Crippen molar-refractivity contribution in [3.8, 4) is 0 Å². The second-order valence-corrected chi connectivity index (χ2v) is 6.61. The Morgan fingerprint density at radius 3 is 2.46 bits per heavy atom. The molecular formula is C18H26N4O2. The largest absolute Gasteiger partial charge is 0.392 e. The lowest BCUT2D eigenvalue weighted by Crippen LogP contribution is -2.50. The van der Waals surface area contributed by atoms with Crippen molar-refractivity contribution in [3.63, 3.8) is 0 Å². The van der Waals surface area contributed by atoms with Crippen LogP contribution in [0.2, 0.25) is 0 Å². The Balaban J connectivity index is 1.49. The van der Waals surface area contributed by atoms with Gasteiger partial charge in [0.25, 0.3) is 5.91 Å². The van der Waals surface area contributed by atoms with E-state index in [-0.39, 0.29) is 12.0 Å². The minimum absolute atomic E-state index is 0.0740. The van der Waals surface area contributed by atoms with Gasteiger partial charge in [-0.15, -0.1) is 0 Å². The van der Waals surface area contributed by atoms with Gasteiger partial charge in [-0.25, -0.2) is 5.01 Å². The van der Waals surface area contributed by atoms with Crippen molar-refractivity contribution < 1.29 is 9.90 Å². The summed E-state index contributed by atoms with van der Waals surface area (Å²) >= 11 is 0. The summed E-state index contributed by atoms with van der Waals surface area (Å²) in [5, 5.41) is 15.6. The van der Waals surface area contributed by atoms with Gasteiger partial charge in [-0.3, -0.25) is 14.6 Å². The molecule has 2 aliphatic heterocycles. The molecule has 2 heterocycles. The summed E-state index contributed by atoms with van der Waals surface area (Å²) in [6, 6.07) is 10.0. The van der Waals surface area contributed by atoms with Crippen LogP contribution < -0.4 is 0 Å². The van der Waals surface area contributed by atoms with Gasteiger partial charge in [0.2, 0.25) is 0 Å². The molecule has 130 valence electrons. The van der Waals surface area contributed by atoms with Crippen molar-refractivity contribution >= 4 is 11.6 Å². The number of benzene rings is 1. The standard InChI is InChI=1S/C18H26N4O2/c1-15(23)13-20-9-11-21(12-10-20)14-18(24)22-8-7-17(19-22)16-5-3-2-4-6-16/h2-6,15,23H,7-14H2,1H3. The third-order valence-corrected chi connectivity index (χ3v) is 4.54. The van der Waals surface area contributed by atoms with E-state index in [4.69, 9.17) is 0 Å². The van der Waals surface area contributed by atoms with Gasteiger partial charge in [-0.2, -0.15) is 5.10 Å². The molecule has 1 aromatic carbocycles. The zero-order valence-corrected chi connectivity index (χ0v) is 14.3. The summed E-state index contributed by atoms with van der Waals surface area (Å²) in [5.74, 6) is 0.0740. The highest BCUT2D eigenvalue weighted by Gasteiger charge is 2.25. The number of aliphatic hydroxyl groups is 1. The van der Waals surface area contributed by atoms with Crippen LogP contribution in [0.15, 0.2) is 35.4 Å². The molecule has 1 amide bonds. The summed E-state index contributed by atoms with van der Waals surface area (Å²) in [5.41, 5.74) is 2.09. The fraction of sp³-hybridized carbons (Fsp3) is 0.556. The van der Waals surface area contributed by atoms with Gasteiger partial charge in [0.05, 0.1) is 24.9 Å². The number of hydrogen-bond acceptors (Lipinski definition) is 5. The van der Waals surface area contributed by atoms with E-state index in [0.717, 1.165) is 43.9 Å². The molecule has 3 rings (SSSR count). The molecule has 0 spiro atoms. The highest BCUT2D eigenvalue weighted by Crippen LogP contribution is 2.14. The van der Waals surface area contributed by atoms with Crippen LogP contribution in [-0.4, -0.2) is 83.5 Å². The molecule has 0 radical (unpaired) electrons. The maximum atomic E-state index is 12.5. The van der Waals surface area contributed by atoms with Crippen LogP contribution in [0.1, 0.15) is 18.9 Å². The van der Waals surface area contributed by atoms with E-state index in [9.17, 15) is 9.90 Å². The number of carbonyl (C=O) groups is 1. The molecular weight excluding hydrogens is 304 g/mol. The van der Waals surface area contributed by atoms with Gasteiger partial charge >= 0.3 is 0 Å². The summed E-state index contributed by atoms with van der Waals surface area (Å²) < 4.78 is 0. The highest BCUT2D eigenvalue weighted by atomic mass is 16.3. The van der Waals surface area contributed by atoms with E-state index in [2.05, 4.69) is 14.9 Å². The molecule has 0 aromatic heterocycles. The van der Waals surface area contributed by atoms with Crippen LogP contribution in [0.4, 0.5) is 0 Å². The molecule has 1 saturated heterocycles. The zero-order chi connectivity index (χ0) is 16.9. The van der Waals surface area contributed by atoms with Gasteiger partial charge in [0.15, 0.2) is 0 Å². The Morgan fingerprint density at radius 1 is 1.12 bits per heavy atom. The Hall–Kier alpha value is -1.76. The van der Waals surface area contributed by atoms with Crippen molar-refractivity contribution in [3.05, 3.63) is 35.9 Å². The summed E-state index contributed by atoms with van der Waals surface area (Å²) in [6.45, 7) is 7.14. The third-order valence-electron chi connectivity index (χ3n) is 4.54. The van der Waals surface area contributed by atoms with E-state index in [1.807, 2.05) is 37.3 Å². The maximum Gasteiger partial charge on any atom is 0.256 e. The number of piperazine rings is 1. The Morgan fingerprint density at radius 2 is 1.79 bits per heavy atom. The lowest BCUT2D eigenvalue weighted by Gasteiger charge is -2.35. The lowest BCUT2D eigenvalue weighted by atomic mass is 10.1.